The number of rotatable bonds is 9. The van der Waals surface area contributed by atoms with Gasteiger partial charge in [-0.2, -0.15) is 0 Å². The highest BCUT2D eigenvalue weighted by atomic mass is 19.1. The number of hydrogen-bond acceptors (Lipinski definition) is 4. The number of nitrogens with one attached hydrogen (secondary N) is 3. The Labute approximate surface area is 188 Å². The van der Waals surface area contributed by atoms with Crippen molar-refractivity contribution in [1.82, 2.24) is 25.8 Å². The molecule has 2 heterocycles. The lowest BCUT2D eigenvalue weighted by atomic mass is 10.0. The number of nitrogens with zero attached hydrogens (tertiary/aromatic N) is 2. The first-order chi connectivity index (χ1) is 15.5. The van der Waals surface area contributed by atoms with Crippen LogP contribution in [0.4, 0.5) is 9.18 Å². The van der Waals surface area contributed by atoms with Gasteiger partial charge in [-0.05, 0) is 49.1 Å². The molecular formula is C24H32FN5O2. The minimum absolute atomic E-state index is 0.103. The highest BCUT2D eigenvalue weighted by Gasteiger charge is 2.25. The second-order valence-corrected chi connectivity index (χ2v) is 8.17. The molecule has 3 N–H and O–H groups in total. The molecule has 32 heavy (non-hydrogen) atoms. The van der Waals surface area contributed by atoms with Crippen molar-refractivity contribution in [2.75, 3.05) is 13.1 Å². The molecule has 3 amide bonds. The van der Waals surface area contributed by atoms with E-state index >= 15 is 0 Å². The van der Waals surface area contributed by atoms with Gasteiger partial charge in [0.05, 0.1) is 5.69 Å². The van der Waals surface area contributed by atoms with E-state index < -0.39 is 12.1 Å². The summed E-state index contributed by atoms with van der Waals surface area (Å²) in [7, 11) is 0. The van der Waals surface area contributed by atoms with Crippen LogP contribution >= 0.6 is 0 Å². The molecule has 1 saturated heterocycles. The van der Waals surface area contributed by atoms with Crippen LogP contribution in [0.1, 0.15) is 43.9 Å². The van der Waals surface area contributed by atoms with Crippen LogP contribution in [-0.2, 0) is 17.9 Å². The van der Waals surface area contributed by atoms with Gasteiger partial charge < -0.3 is 16.0 Å². The number of hydrogen-bond donors (Lipinski definition) is 3. The number of carbonyl (C=O) groups is 2. The molecule has 3 rings (SSSR count). The van der Waals surface area contributed by atoms with E-state index in [0.717, 1.165) is 50.2 Å². The first-order valence-corrected chi connectivity index (χ1v) is 11.2. The Kier molecular flexibility index (Phi) is 8.98. The average Bonchev–Trinajstić information content (AvgIpc) is 2.80. The third kappa shape index (κ3) is 7.60. The lowest BCUT2D eigenvalue weighted by Gasteiger charge is -2.33. The van der Waals surface area contributed by atoms with Crippen LogP contribution < -0.4 is 16.0 Å². The minimum atomic E-state index is -0.584. The average molecular weight is 442 g/mol. The van der Waals surface area contributed by atoms with E-state index in [1.54, 1.807) is 18.3 Å². The molecule has 8 heteroatoms. The van der Waals surface area contributed by atoms with E-state index in [0.29, 0.717) is 6.42 Å². The molecular weight excluding hydrogens is 409 g/mol. The Hall–Kier alpha value is -3.00. The smallest absolute Gasteiger partial charge is 0.315 e. The molecule has 0 radical (unpaired) electrons. The van der Waals surface area contributed by atoms with Gasteiger partial charge in [0, 0.05) is 38.4 Å². The number of carbonyl (C=O) groups excluding carboxylic acids is 2. The summed E-state index contributed by atoms with van der Waals surface area (Å²) in [5.74, 6) is -0.465. The van der Waals surface area contributed by atoms with E-state index in [1.165, 1.54) is 12.1 Å². The van der Waals surface area contributed by atoms with Crippen LogP contribution in [0.2, 0.25) is 0 Å². The van der Waals surface area contributed by atoms with Gasteiger partial charge in [0.25, 0.3) is 0 Å². The molecule has 1 aromatic heterocycles. The zero-order valence-electron chi connectivity index (χ0n) is 18.5. The van der Waals surface area contributed by atoms with E-state index in [2.05, 4.69) is 25.8 Å². The normalized spacial score (nSPS) is 15.7. The largest absolute Gasteiger partial charge is 0.351 e. The van der Waals surface area contributed by atoms with Crippen molar-refractivity contribution < 1.29 is 14.0 Å². The highest BCUT2D eigenvalue weighted by molar-refractivity contribution is 5.87. The van der Waals surface area contributed by atoms with Crippen molar-refractivity contribution in [2.45, 2.75) is 57.8 Å². The number of piperidine rings is 1. The number of urea groups is 1. The third-order valence-corrected chi connectivity index (χ3v) is 5.61. The standard InChI is InChI=1S/C24H32FN5O2/c1-2-5-22(29-24(32)27-16-18-7-9-19(25)10-8-18)23(31)28-20-11-14-30(15-12-20)17-21-6-3-4-13-26-21/h3-4,6-10,13,20,22H,2,5,11-12,14-17H2,1H3,(H,28,31)(H2,27,29,32). The van der Waals surface area contributed by atoms with Gasteiger partial charge in [0.15, 0.2) is 0 Å². The number of amides is 3. The summed E-state index contributed by atoms with van der Waals surface area (Å²) in [5.41, 5.74) is 1.84. The van der Waals surface area contributed by atoms with Crippen molar-refractivity contribution in [3.05, 3.63) is 65.7 Å². The Morgan fingerprint density at radius 1 is 1.16 bits per heavy atom. The van der Waals surface area contributed by atoms with Crippen molar-refractivity contribution in [3.63, 3.8) is 0 Å². The summed E-state index contributed by atoms with van der Waals surface area (Å²) >= 11 is 0. The second-order valence-electron chi connectivity index (χ2n) is 8.17. The number of likely N-dealkylation sites (tertiary alicyclic amines) is 1. The van der Waals surface area contributed by atoms with E-state index in [4.69, 9.17) is 0 Å². The van der Waals surface area contributed by atoms with Crippen LogP contribution in [0.3, 0.4) is 0 Å². The van der Waals surface area contributed by atoms with Crippen LogP contribution in [0.25, 0.3) is 0 Å². The summed E-state index contributed by atoms with van der Waals surface area (Å²) in [5, 5.41) is 8.61. The monoisotopic (exact) mass is 441 g/mol. The first-order valence-electron chi connectivity index (χ1n) is 11.2. The van der Waals surface area contributed by atoms with E-state index in [9.17, 15) is 14.0 Å². The molecule has 1 fully saturated rings. The molecule has 172 valence electrons. The molecule has 0 bridgehead atoms. The van der Waals surface area contributed by atoms with Gasteiger partial charge in [-0.15, -0.1) is 0 Å². The van der Waals surface area contributed by atoms with Crippen LogP contribution in [-0.4, -0.2) is 47.0 Å². The summed E-state index contributed by atoms with van der Waals surface area (Å²) in [6, 6.07) is 11.0. The van der Waals surface area contributed by atoms with Crippen molar-refractivity contribution in [2.24, 2.45) is 0 Å². The minimum Gasteiger partial charge on any atom is -0.351 e. The fourth-order valence-corrected chi connectivity index (χ4v) is 3.81. The molecule has 7 nitrogen and oxygen atoms in total. The third-order valence-electron chi connectivity index (χ3n) is 5.61. The van der Waals surface area contributed by atoms with Crippen LogP contribution in [0.15, 0.2) is 48.7 Å². The first kappa shape index (κ1) is 23.7. The fourth-order valence-electron chi connectivity index (χ4n) is 3.81. The Balaban J connectivity index is 1.42. The molecule has 2 aromatic rings. The summed E-state index contributed by atoms with van der Waals surface area (Å²) in [6.07, 6.45) is 4.88. The number of benzene rings is 1. The van der Waals surface area contributed by atoms with Gasteiger partial charge >= 0.3 is 6.03 Å². The fraction of sp³-hybridized carbons (Fsp3) is 0.458. The number of aromatic nitrogens is 1. The molecule has 1 aliphatic heterocycles. The predicted octanol–water partition coefficient (Wildman–Crippen LogP) is 2.97. The Morgan fingerprint density at radius 3 is 2.56 bits per heavy atom. The highest BCUT2D eigenvalue weighted by Crippen LogP contribution is 2.13. The number of pyridine rings is 1. The van der Waals surface area contributed by atoms with Crippen LogP contribution in [0.5, 0.6) is 0 Å². The molecule has 0 aliphatic carbocycles. The van der Waals surface area contributed by atoms with Crippen molar-refractivity contribution in [1.29, 1.82) is 0 Å². The molecule has 1 aromatic carbocycles. The summed E-state index contributed by atoms with van der Waals surface area (Å²) < 4.78 is 13.0. The van der Waals surface area contributed by atoms with Crippen LogP contribution in [0, 0.1) is 5.82 Å². The van der Waals surface area contributed by atoms with Crippen molar-refractivity contribution >= 4 is 11.9 Å². The zero-order valence-corrected chi connectivity index (χ0v) is 18.5. The molecule has 1 atom stereocenters. The molecule has 1 aliphatic rings. The van der Waals surface area contributed by atoms with Crippen molar-refractivity contribution in [3.8, 4) is 0 Å². The molecule has 0 saturated carbocycles. The van der Waals surface area contributed by atoms with E-state index in [1.807, 2.05) is 25.1 Å². The summed E-state index contributed by atoms with van der Waals surface area (Å²) in [4.78, 5) is 31.8. The Bertz CT molecular complexity index is 854. The predicted molar refractivity (Wildman–Crippen MR) is 121 cm³/mol. The zero-order chi connectivity index (χ0) is 22.8. The maximum Gasteiger partial charge on any atom is 0.315 e. The second kappa shape index (κ2) is 12.1. The van der Waals surface area contributed by atoms with Gasteiger partial charge in [0.1, 0.15) is 11.9 Å². The molecule has 1 unspecified atom stereocenters. The SMILES string of the molecule is CCCC(NC(=O)NCc1ccc(F)cc1)C(=O)NC1CCN(Cc2ccccn2)CC1. The van der Waals surface area contributed by atoms with Gasteiger partial charge in [-0.3, -0.25) is 14.7 Å². The lowest BCUT2D eigenvalue weighted by Crippen LogP contribution is -2.53. The van der Waals surface area contributed by atoms with Gasteiger partial charge in [0.2, 0.25) is 5.91 Å². The number of halogens is 1. The topological polar surface area (TPSA) is 86.4 Å². The van der Waals surface area contributed by atoms with Gasteiger partial charge in [-0.25, -0.2) is 9.18 Å². The van der Waals surface area contributed by atoms with Gasteiger partial charge in [-0.1, -0.05) is 31.5 Å². The lowest BCUT2D eigenvalue weighted by molar-refractivity contribution is -0.124. The van der Waals surface area contributed by atoms with E-state index in [-0.39, 0.29) is 24.3 Å². The maximum atomic E-state index is 13.0. The Morgan fingerprint density at radius 2 is 1.91 bits per heavy atom. The summed E-state index contributed by atoms with van der Waals surface area (Å²) in [6.45, 7) is 4.85. The quantitative estimate of drug-likeness (QED) is 0.558. The molecule has 0 spiro atoms. The maximum absolute atomic E-state index is 13.0.